The zero-order chi connectivity index (χ0) is 32.0. The summed E-state index contributed by atoms with van der Waals surface area (Å²) < 4.78 is 12.5. The minimum atomic E-state index is -1.12. The Hall–Kier alpha value is -4.18. The number of benzene rings is 1. The standard InChI is InChI=1S/C28H41N5O10/c1-8-16-38-41-26(36)31-23-21(17-33(32-23)15-9-14-30-25(35)42-43-28(5,6)7)19-10-12-20(13-11-19)37-18-22(40-29)24(34)39-27(2,3)4/h8,10-13,17,22H,1,9,14-16,18,29H2,2-7H3,(H,30,35)(H,31,32,36). The summed E-state index contributed by atoms with van der Waals surface area (Å²) in [7, 11) is 0. The summed E-state index contributed by atoms with van der Waals surface area (Å²) in [6.07, 6.45) is 0.922. The molecule has 238 valence electrons. The van der Waals surface area contributed by atoms with E-state index in [-0.39, 0.29) is 25.6 Å². The number of aryl methyl sites for hydroxylation is 1. The van der Waals surface area contributed by atoms with Crippen LogP contribution in [-0.4, -0.2) is 65.0 Å². The maximum absolute atomic E-state index is 12.2. The zero-order valence-electron chi connectivity index (χ0n) is 25.3. The average Bonchev–Trinajstić information content (AvgIpc) is 3.31. The van der Waals surface area contributed by atoms with Gasteiger partial charge in [0.2, 0.25) is 6.10 Å². The minimum Gasteiger partial charge on any atom is -0.490 e. The van der Waals surface area contributed by atoms with Gasteiger partial charge < -0.3 is 14.8 Å². The Labute approximate surface area is 250 Å². The molecule has 0 aliphatic rings. The molecule has 0 bridgehead atoms. The van der Waals surface area contributed by atoms with Gasteiger partial charge in [-0.1, -0.05) is 18.2 Å². The summed E-state index contributed by atoms with van der Waals surface area (Å²) in [4.78, 5) is 60.1. The van der Waals surface area contributed by atoms with Crippen LogP contribution < -0.4 is 21.3 Å². The topological polar surface area (TPSA) is 184 Å². The number of ether oxygens (including phenoxy) is 2. The molecule has 0 fully saturated rings. The van der Waals surface area contributed by atoms with Gasteiger partial charge in [-0.25, -0.2) is 20.3 Å². The molecule has 2 rings (SSSR count). The summed E-state index contributed by atoms with van der Waals surface area (Å²) in [5.41, 5.74) is -0.0921. The van der Waals surface area contributed by atoms with Gasteiger partial charge in [-0.05, 0) is 65.7 Å². The zero-order valence-corrected chi connectivity index (χ0v) is 25.3. The van der Waals surface area contributed by atoms with E-state index < -0.39 is 35.5 Å². The fraction of sp³-hybridized carbons (Fsp3) is 0.500. The van der Waals surface area contributed by atoms with E-state index in [0.29, 0.717) is 29.8 Å². The van der Waals surface area contributed by atoms with Crippen molar-refractivity contribution in [2.75, 3.05) is 25.1 Å². The summed E-state index contributed by atoms with van der Waals surface area (Å²) in [6.45, 7) is 14.4. The number of carbonyl (C=O) groups is 3. The van der Waals surface area contributed by atoms with Crippen molar-refractivity contribution in [3.8, 4) is 16.9 Å². The Bertz CT molecular complexity index is 1200. The van der Waals surface area contributed by atoms with Crippen LogP contribution in [0.3, 0.4) is 0 Å². The van der Waals surface area contributed by atoms with E-state index in [0.717, 1.165) is 0 Å². The van der Waals surface area contributed by atoms with Crippen LogP contribution in [0.4, 0.5) is 15.4 Å². The van der Waals surface area contributed by atoms with Gasteiger partial charge in [-0.3, -0.25) is 24.6 Å². The normalized spacial score (nSPS) is 12.2. The predicted octanol–water partition coefficient (Wildman–Crippen LogP) is 4.04. The van der Waals surface area contributed by atoms with Crippen molar-refractivity contribution in [2.45, 2.75) is 71.8 Å². The molecule has 1 aromatic carbocycles. The number of nitrogens with zero attached hydrogens (tertiary/aromatic N) is 2. The summed E-state index contributed by atoms with van der Waals surface area (Å²) in [6, 6.07) is 6.81. The van der Waals surface area contributed by atoms with Crippen LogP contribution in [0, 0.1) is 0 Å². The molecule has 2 aromatic rings. The number of nitrogens with one attached hydrogen (secondary N) is 2. The predicted molar refractivity (Wildman–Crippen MR) is 154 cm³/mol. The van der Waals surface area contributed by atoms with E-state index in [4.69, 9.17) is 34.9 Å². The van der Waals surface area contributed by atoms with E-state index in [1.807, 2.05) is 0 Å². The summed E-state index contributed by atoms with van der Waals surface area (Å²) in [5.74, 6) is 5.25. The molecule has 4 N–H and O–H groups in total. The molecule has 2 amide bonds. The van der Waals surface area contributed by atoms with E-state index in [9.17, 15) is 14.4 Å². The second-order valence-electron chi connectivity index (χ2n) is 11.1. The molecule has 0 aliphatic carbocycles. The number of esters is 1. The van der Waals surface area contributed by atoms with Crippen LogP contribution in [0.1, 0.15) is 48.0 Å². The van der Waals surface area contributed by atoms with Crippen molar-refractivity contribution >= 4 is 24.0 Å². The molecular weight excluding hydrogens is 566 g/mol. The first-order valence-corrected chi connectivity index (χ1v) is 13.4. The second kappa shape index (κ2) is 16.5. The lowest BCUT2D eigenvalue weighted by molar-refractivity contribution is -0.300. The van der Waals surface area contributed by atoms with E-state index in [1.54, 1.807) is 76.7 Å². The largest absolute Gasteiger partial charge is 0.490 e. The van der Waals surface area contributed by atoms with Crippen LogP contribution in [0.2, 0.25) is 0 Å². The van der Waals surface area contributed by atoms with Crippen LogP contribution in [0.25, 0.3) is 11.1 Å². The Balaban J connectivity index is 2.08. The molecule has 1 heterocycles. The van der Waals surface area contributed by atoms with Gasteiger partial charge in [-0.15, -0.1) is 6.58 Å². The highest BCUT2D eigenvalue weighted by atomic mass is 17.2. The van der Waals surface area contributed by atoms with Gasteiger partial charge in [0, 0.05) is 24.8 Å². The number of rotatable bonds is 15. The SMILES string of the molecule is C=CCOOC(=O)Nc1nn(CCCNC(=O)OOC(C)(C)C)cc1-c1ccc(OCC(ON)C(=O)OC(C)(C)C)cc1. The van der Waals surface area contributed by atoms with Gasteiger partial charge >= 0.3 is 18.2 Å². The number of amides is 2. The molecule has 0 radical (unpaired) electrons. The number of aromatic nitrogens is 2. The van der Waals surface area contributed by atoms with Crippen molar-refractivity contribution in [1.82, 2.24) is 15.1 Å². The Morgan fingerprint density at radius 3 is 2.35 bits per heavy atom. The average molecular weight is 608 g/mol. The highest BCUT2D eigenvalue weighted by Gasteiger charge is 2.26. The summed E-state index contributed by atoms with van der Waals surface area (Å²) in [5, 5.41) is 9.56. The van der Waals surface area contributed by atoms with Gasteiger partial charge in [0.05, 0.1) is 0 Å². The molecule has 0 saturated carbocycles. The molecule has 15 nitrogen and oxygen atoms in total. The quantitative estimate of drug-likeness (QED) is 0.0869. The van der Waals surface area contributed by atoms with Crippen molar-refractivity contribution in [2.24, 2.45) is 5.90 Å². The fourth-order valence-electron chi connectivity index (χ4n) is 3.15. The Kier molecular flexibility index (Phi) is 13.4. The van der Waals surface area contributed by atoms with Crippen LogP contribution >= 0.6 is 0 Å². The van der Waals surface area contributed by atoms with Crippen molar-refractivity contribution in [3.05, 3.63) is 43.1 Å². The lowest BCUT2D eigenvalue weighted by Crippen LogP contribution is -2.38. The van der Waals surface area contributed by atoms with Gasteiger partial charge in [0.25, 0.3) is 0 Å². The second-order valence-corrected chi connectivity index (χ2v) is 11.1. The minimum absolute atomic E-state index is 0.0103. The highest BCUT2D eigenvalue weighted by molar-refractivity contribution is 5.89. The third-order valence-corrected chi connectivity index (χ3v) is 4.90. The van der Waals surface area contributed by atoms with Crippen molar-refractivity contribution < 1.29 is 48.2 Å². The molecule has 1 atom stereocenters. The number of anilines is 1. The third-order valence-electron chi connectivity index (χ3n) is 4.90. The molecule has 15 heteroatoms. The van der Waals surface area contributed by atoms with Crippen LogP contribution in [-0.2, 0) is 40.5 Å². The molecule has 43 heavy (non-hydrogen) atoms. The lowest BCUT2D eigenvalue weighted by atomic mass is 10.1. The molecule has 0 saturated heterocycles. The van der Waals surface area contributed by atoms with Crippen LogP contribution in [0.15, 0.2) is 43.1 Å². The van der Waals surface area contributed by atoms with Crippen molar-refractivity contribution in [1.29, 1.82) is 0 Å². The third kappa shape index (κ3) is 13.6. The van der Waals surface area contributed by atoms with E-state index >= 15 is 0 Å². The summed E-state index contributed by atoms with van der Waals surface area (Å²) >= 11 is 0. The monoisotopic (exact) mass is 607 g/mol. The Morgan fingerprint density at radius 2 is 1.74 bits per heavy atom. The van der Waals surface area contributed by atoms with E-state index in [2.05, 4.69) is 27.2 Å². The Morgan fingerprint density at radius 1 is 1.05 bits per heavy atom. The first-order valence-electron chi connectivity index (χ1n) is 13.4. The number of hydrogen-bond donors (Lipinski definition) is 3. The molecule has 1 unspecified atom stereocenters. The molecular formula is C28H41N5O10. The first-order chi connectivity index (χ1) is 20.2. The fourth-order valence-corrected chi connectivity index (χ4v) is 3.15. The lowest BCUT2D eigenvalue weighted by Gasteiger charge is -2.22. The highest BCUT2D eigenvalue weighted by Crippen LogP contribution is 2.29. The molecule has 0 aliphatic heterocycles. The maximum Gasteiger partial charge on any atom is 0.444 e. The van der Waals surface area contributed by atoms with Gasteiger partial charge in [0.15, 0.2) is 5.82 Å². The number of carbonyl (C=O) groups excluding carboxylic acids is 3. The maximum atomic E-state index is 12.2. The molecule has 1 aromatic heterocycles. The van der Waals surface area contributed by atoms with Crippen molar-refractivity contribution in [3.63, 3.8) is 0 Å². The smallest absolute Gasteiger partial charge is 0.444 e. The number of hydrogen-bond acceptors (Lipinski definition) is 12. The van der Waals surface area contributed by atoms with Gasteiger partial charge in [0.1, 0.15) is 30.2 Å². The first kappa shape index (κ1) is 35.0. The van der Waals surface area contributed by atoms with Gasteiger partial charge in [-0.2, -0.15) is 14.9 Å². The molecule has 0 spiro atoms. The number of nitrogens with two attached hydrogens (primary N) is 1. The van der Waals surface area contributed by atoms with Crippen LogP contribution in [0.5, 0.6) is 5.75 Å². The van der Waals surface area contributed by atoms with E-state index in [1.165, 1.54) is 6.08 Å².